The highest BCUT2D eigenvalue weighted by Gasteiger charge is 2.36. The van der Waals surface area contributed by atoms with E-state index in [1.807, 2.05) is 0 Å². The molecule has 1 aromatic heterocycles. The van der Waals surface area contributed by atoms with Gasteiger partial charge in [0.15, 0.2) is 17.7 Å². The number of aromatic nitrogens is 1. The third-order valence-electron chi connectivity index (χ3n) is 5.76. The summed E-state index contributed by atoms with van der Waals surface area (Å²) < 4.78 is 39.6. The molecule has 30 heavy (non-hydrogen) atoms. The zero-order valence-corrected chi connectivity index (χ0v) is 16.2. The van der Waals surface area contributed by atoms with E-state index in [2.05, 4.69) is 4.98 Å². The summed E-state index contributed by atoms with van der Waals surface area (Å²) in [6.45, 7) is 0.758. The number of nitrogens with zero attached hydrogens (tertiary/aromatic N) is 2. The fraction of sp³-hybridized carbons (Fsp3) is 0.409. The molecule has 2 aromatic rings. The predicted molar refractivity (Wildman–Crippen MR) is 103 cm³/mol. The number of ketones is 1. The van der Waals surface area contributed by atoms with Crippen molar-refractivity contribution in [1.29, 1.82) is 0 Å². The van der Waals surface area contributed by atoms with Crippen molar-refractivity contribution in [1.82, 2.24) is 4.98 Å². The number of fused-ring (bicyclic) bond motifs is 1. The first-order valence-electron chi connectivity index (χ1n) is 10.1. The molecule has 2 aliphatic carbocycles. The first-order valence-corrected chi connectivity index (χ1v) is 10.1. The van der Waals surface area contributed by atoms with E-state index < -0.39 is 17.7 Å². The number of hydrogen-bond acceptors (Lipinski definition) is 5. The Balaban J connectivity index is 1.28. The van der Waals surface area contributed by atoms with Crippen molar-refractivity contribution in [2.45, 2.75) is 38.2 Å². The first kappa shape index (κ1) is 19.0. The molecule has 6 nitrogen and oxygen atoms in total. The maximum atomic E-state index is 14.4. The Kier molecular flexibility index (Phi) is 4.64. The minimum absolute atomic E-state index is 0.0769. The van der Waals surface area contributed by atoms with Gasteiger partial charge in [-0.25, -0.2) is 13.8 Å². The van der Waals surface area contributed by atoms with Crippen LogP contribution < -0.4 is 14.4 Å². The van der Waals surface area contributed by atoms with E-state index in [0.717, 1.165) is 18.9 Å². The molecular weight excluding hydrogens is 394 g/mol. The van der Waals surface area contributed by atoms with Gasteiger partial charge in [0.05, 0.1) is 12.8 Å². The summed E-state index contributed by atoms with van der Waals surface area (Å²) in [5.74, 6) is -1.07. The number of ether oxygens (including phenoxy) is 2. The normalized spacial score (nSPS) is 20.6. The van der Waals surface area contributed by atoms with Crippen molar-refractivity contribution < 1.29 is 27.8 Å². The third-order valence-corrected chi connectivity index (χ3v) is 5.76. The maximum absolute atomic E-state index is 14.4. The molecule has 2 fully saturated rings. The van der Waals surface area contributed by atoms with Gasteiger partial charge in [0.2, 0.25) is 0 Å². The molecule has 1 saturated heterocycles. The first-order chi connectivity index (χ1) is 14.5. The molecule has 3 aliphatic rings. The van der Waals surface area contributed by atoms with Gasteiger partial charge < -0.3 is 14.4 Å². The number of anilines is 1. The lowest BCUT2D eigenvalue weighted by Crippen LogP contribution is -2.32. The standard InChI is InChI=1S/C22H20F2N2O4/c23-17-8-13(7-16-15(17)3-4-19(16)27)26-6-5-20(22(26)28)30-14-9-18(24)21(25-10-14)29-11-12-1-2-12/h7-10,12,20H,1-6,11H2. The molecule has 0 spiro atoms. The number of carbonyl (C=O) groups is 2. The minimum atomic E-state index is -0.837. The Labute approximate surface area is 171 Å². The fourth-order valence-corrected chi connectivity index (χ4v) is 3.90. The minimum Gasteiger partial charge on any atom is -0.479 e. The smallest absolute Gasteiger partial charge is 0.268 e. The molecule has 1 aromatic carbocycles. The Morgan fingerprint density at radius 2 is 1.90 bits per heavy atom. The molecule has 1 atom stereocenters. The van der Waals surface area contributed by atoms with Crippen LogP contribution in [0.4, 0.5) is 14.5 Å². The summed E-state index contributed by atoms with van der Waals surface area (Å²) in [4.78, 5) is 30.1. The van der Waals surface area contributed by atoms with Gasteiger partial charge in [0, 0.05) is 36.7 Å². The summed E-state index contributed by atoms with van der Waals surface area (Å²) in [5, 5.41) is 0. The number of hydrogen-bond donors (Lipinski definition) is 0. The Bertz CT molecular complexity index is 1040. The highest BCUT2D eigenvalue weighted by atomic mass is 19.1. The fourth-order valence-electron chi connectivity index (χ4n) is 3.90. The van der Waals surface area contributed by atoms with Gasteiger partial charge in [-0.15, -0.1) is 0 Å². The Morgan fingerprint density at radius 3 is 2.67 bits per heavy atom. The van der Waals surface area contributed by atoms with E-state index in [1.165, 1.54) is 17.2 Å². The topological polar surface area (TPSA) is 68.7 Å². The van der Waals surface area contributed by atoms with Crippen LogP contribution in [0.5, 0.6) is 11.6 Å². The zero-order valence-electron chi connectivity index (χ0n) is 16.2. The molecule has 1 amide bonds. The maximum Gasteiger partial charge on any atom is 0.268 e. The molecule has 156 valence electrons. The number of benzene rings is 1. The van der Waals surface area contributed by atoms with Crippen molar-refractivity contribution in [3.63, 3.8) is 0 Å². The second kappa shape index (κ2) is 7.34. The lowest BCUT2D eigenvalue weighted by molar-refractivity contribution is -0.122. The van der Waals surface area contributed by atoms with Crippen LogP contribution in [0.3, 0.4) is 0 Å². The largest absolute Gasteiger partial charge is 0.479 e. The van der Waals surface area contributed by atoms with E-state index in [9.17, 15) is 18.4 Å². The van der Waals surface area contributed by atoms with Gasteiger partial charge in [-0.3, -0.25) is 9.59 Å². The molecule has 1 unspecified atom stereocenters. The van der Waals surface area contributed by atoms with Crippen LogP contribution in [-0.4, -0.2) is 35.9 Å². The third kappa shape index (κ3) is 3.51. The van der Waals surface area contributed by atoms with E-state index in [4.69, 9.17) is 9.47 Å². The van der Waals surface area contributed by atoms with Crippen LogP contribution in [0.2, 0.25) is 0 Å². The number of carbonyl (C=O) groups excluding carboxylic acids is 2. The summed E-state index contributed by atoms with van der Waals surface area (Å²) in [6, 6.07) is 4.01. The van der Waals surface area contributed by atoms with E-state index >= 15 is 0 Å². The van der Waals surface area contributed by atoms with Crippen LogP contribution >= 0.6 is 0 Å². The van der Waals surface area contributed by atoms with Crippen molar-refractivity contribution in [3.8, 4) is 11.6 Å². The zero-order chi connectivity index (χ0) is 20.8. The second-order valence-corrected chi connectivity index (χ2v) is 7.97. The average molecular weight is 414 g/mol. The van der Waals surface area contributed by atoms with Crippen molar-refractivity contribution in [2.75, 3.05) is 18.1 Å². The van der Waals surface area contributed by atoms with Crippen LogP contribution in [-0.2, 0) is 11.2 Å². The Hall–Kier alpha value is -3.03. The molecule has 0 radical (unpaired) electrons. The van der Waals surface area contributed by atoms with E-state index in [-0.39, 0.29) is 29.7 Å². The average Bonchev–Trinajstić information content (AvgIpc) is 3.38. The summed E-state index contributed by atoms with van der Waals surface area (Å²) in [5.41, 5.74) is 1.09. The van der Waals surface area contributed by atoms with Gasteiger partial charge in [-0.2, -0.15) is 0 Å². The van der Waals surface area contributed by atoms with E-state index in [1.54, 1.807) is 6.07 Å². The molecule has 2 heterocycles. The van der Waals surface area contributed by atoms with Crippen LogP contribution in [0, 0.1) is 17.6 Å². The number of rotatable bonds is 6. The molecule has 0 bridgehead atoms. The monoisotopic (exact) mass is 414 g/mol. The van der Waals surface area contributed by atoms with Crippen molar-refractivity contribution in [2.24, 2.45) is 5.92 Å². The number of Topliss-reactive ketones (excluding diaryl/α,β-unsaturated/α-hetero) is 1. The molecule has 1 saturated carbocycles. The van der Waals surface area contributed by atoms with E-state index in [0.29, 0.717) is 48.7 Å². The number of pyridine rings is 1. The van der Waals surface area contributed by atoms with Gasteiger partial charge in [-0.05, 0) is 42.9 Å². The van der Waals surface area contributed by atoms with Gasteiger partial charge >= 0.3 is 0 Å². The van der Waals surface area contributed by atoms with Crippen LogP contribution in [0.15, 0.2) is 24.4 Å². The van der Waals surface area contributed by atoms with Gasteiger partial charge in [0.1, 0.15) is 11.6 Å². The number of halogens is 2. The number of amides is 1. The Morgan fingerprint density at radius 1 is 1.07 bits per heavy atom. The van der Waals surface area contributed by atoms with Gasteiger partial charge in [0.25, 0.3) is 11.8 Å². The summed E-state index contributed by atoms with van der Waals surface area (Å²) in [6.07, 6.45) is 3.70. The highest BCUT2D eigenvalue weighted by Crippen LogP contribution is 2.33. The lowest BCUT2D eigenvalue weighted by atomic mass is 10.1. The highest BCUT2D eigenvalue weighted by molar-refractivity contribution is 6.04. The molecule has 0 N–H and O–H groups in total. The SMILES string of the molecule is O=C1CCc2c(F)cc(N3CCC(Oc4cnc(OCC5CC5)c(F)c4)C3=O)cc21. The summed E-state index contributed by atoms with van der Waals surface area (Å²) >= 11 is 0. The summed E-state index contributed by atoms with van der Waals surface area (Å²) in [7, 11) is 0. The quantitative estimate of drug-likeness (QED) is 0.724. The van der Waals surface area contributed by atoms with Crippen molar-refractivity contribution in [3.05, 3.63) is 47.2 Å². The molecule has 8 heteroatoms. The predicted octanol–water partition coefficient (Wildman–Crippen LogP) is 3.46. The molecule has 1 aliphatic heterocycles. The van der Waals surface area contributed by atoms with Crippen LogP contribution in [0.1, 0.15) is 41.6 Å². The van der Waals surface area contributed by atoms with Crippen molar-refractivity contribution >= 4 is 17.4 Å². The van der Waals surface area contributed by atoms with Crippen LogP contribution in [0.25, 0.3) is 0 Å². The lowest BCUT2D eigenvalue weighted by Gasteiger charge is -2.18. The molecule has 5 rings (SSSR count). The molecular formula is C22H20F2N2O4. The second-order valence-electron chi connectivity index (χ2n) is 7.97. The van der Waals surface area contributed by atoms with Gasteiger partial charge in [-0.1, -0.05) is 0 Å².